The van der Waals surface area contributed by atoms with E-state index in [9.17, 15) is 8.42 Å². The van der Waals surface area contributed by atoms with Crippen molar-refractivity contribution < 1.29 is 13.2 Å². The van der Waals surface area contributed by atoms with Crippen LogP contribution in [-0.4, -0.2) is 80.2 Å². The van der Waals surface area contributed by atoms with Crippen LogP contribution in [0.1, 0.15) is 51.5 Å². The minimum Gasteiger partial charge on any atom is -0.491 e. The van der Waals surface area contributed by atoms with Crippen molar-refractivity contribution >= 4 is 10.0 Å². The zero-order valence-electron chi connectivity index (χ0n) is 18.9. The summed E-state index contributed by atoms with van der Waals surface area (Å²) >= 11 is 0. The molecule has 0 saturated carbocycles. The van der Waals surface area contributed by atoms with Gasteiger partial charge >= 0.3 is 0 Å². The molecule has 0 bridgehead atoms. The summed E-state index contributed by atoms with van der Waals surface area (Å²) in [6.45, 7) is 10.3. The van der Waals surface area contributed by atoms with Gasteiger partial charge in [-0.05, 0) is 65.2 Å². The first kappa shape index (κ1) is 23.5. The highest BCUT2D eigenvalue weighted by molar-refractivity contribution is 7.88. The molecule has 2 aliphatic heterocycles. The highest BCUT2D eigenvalue weighted by atomic mass is 32.2. The van der Waals surface area contributed by atoms with E-state index in [-0.39, 0.29) is 12.1 Å². The van der Waals surface area contributed by atoms with Crippen LogP contribution in [0.25, 0.3) is 0 Å². The molecule has 3 rings (SSSR count). The van der Waals surface area contributed by atoms with E-state index in [1.165, 1.54) is 31.1 Å². The Morgan fingerprint density at radius 3 is 2.47 bits per heavy atom. The summed E-state index contributed by atoms with van der Waals surface area (Å²) in [6, 6.07) is 8.25. The van der Waals surface area contributed by atoms with Crippen LogP contribution in [0.5, 0.6) is 5.75 Å². The molecule has 30 heavy (non-hydrogen) atoms. The molecule has 1 unspecified atom stereocenters. The van der Waals surface area contributed by atoms with Crippen LogP contribution in [-0.2, 0) is 16.6 Å². The van der Waals surface area contributed by atoms with Gasteiger partial charge in [0.2, 0.25) is 10.0 Å². The number of ether oxygens (including phenoxy) is 1. The lowest BCUT2D eigenvalue weighted by atomic mass is 10.0. The van der Waals surface area contributed by atoms with Crippen LogP contribution < -0.4 is 4.74 Å². The van der Waals surface area contributed by atoms with Crippen LogP contribution >= 0.6 is 0 Å². The number of hydrogen-bond donors (Lipinski definition) is 0. The minimum atomic E-state index is -3.23. The molecule has 1 atom stereocenters. The normalized spacial score (nSPS) is 22.0. The molecule has 0 amide bonds. The average molecular weight is 438 g/mol. The fourth-order valence-electron chi connectivity index (χ4n) is 4.70. The first-order valence-corrected chi connectivity index (χ1v) is 13.3. The van der Waals surface area contributed by atoms with Crippen LogP contribution in [0.2, 0.25) is 0 Å². The number of likely N-dealkylation sites (tertiary alicyclic amines) is 2. The number of benzene rings is 1. The Morgan fingerprint density at radius 2 is 1.77 bits per heavy atom. The van der Waals surface area contributed by atoms with Crippen molar-refractivity contribution in [1.29, 1.82) is 0 Å². The van der Waals surface area contributed by atoms with Crippen molar-refractivity contribution in [3.63, 3.8) is 0 Å². The Morgan fingerprint density at radius 1 is 1.07 bits per heavy atom. The fourth-order valence-corrected chi connectivity index (χ4v) is 5.82. The molecule has 2 saturated heterocycles. The standard InChI is InChI=1S/C23H39N3O3S/c1-20(2)29-23-12-6-5-10-21(23)18-25-15-9-11-22(19-25)26(30(3,27)28)17-16-24-13-7-4-8-14-24/h5-6,10,12,20,22H,4,7-9,11,13-19H2,1-3H3. The molecule has 2 aliphatic rings. The van der Waals surface area contributed by atoms with Crippen molar-refractivity contribution in [2.75, 3.05) is 45.5 Å². The molecule has 6 nitrogen and oxygen atoms in total. The third-order valence-corrected chi connectivity index (χ3v) is 7.46. The smallest absolute Gasteiger partial charge is 0.211 e. The van der Waals surface area contributed by atoms with E-state index < -0.39 is 10.0 Å². The van der Waals surface area contributed by atoms with Crippen LogP contribution in [0.3, 0.4) is 0 Å². The van der Waals surface area contributed by atoms with Crippen LogP contribution in [0, 0.1) is 0 Å². The monoisotopic (exact) mass is 437 g/mol. The van der Waals surface area contributed by atoms with Gasteiger partial charge in [0.1, 0.15) is 5.75 Å². The van der Waals surface area contributed by atoms with Crippen molar-refractivity contribution in [2.45, 2.75) is 64.6 Å². The highest BCUT2D eigenvalue weighted by Gasteiger charge is 2.31. The van der Waals surface area contributed by atoms with Gasteiger partial charge in [-0.15, -0.1) is 0 Å². The maximum atomic E-state index is 12.6. The lowest BCUT2D eigenvalue weighted by Gasteiger charge is -2.39. The Balaban J connectivity index is 1.64. The van der Waals surface area contributed by atoms with Gasteiger partial charge in [0.15, 0.2) is 0 Å². The van der Waals surface area contributed by atoms with Gasteiger partial charge in [0.25, 0.3) is 0 Å². The molecular formula is C23H39N3O3S. The van der Waals surface area contributed by atoms with Gasteiger partial charge in [-0.2, -0.15) is 4.31 Å². The molecule has 7 heteroatoms. The van der Waals surface area contributed by atoms with E-state index in [0.29, 0.717) is 6.54 Å². The quantitative estimate of drug-likeness (QED) is 0.594. The molecule has 0 spiro atoms. The Bertz CT molecular complexity index is 763. The van der Waals surface area contributed by atoms with E-state index in [2.05, 4.69) is 15.9 Å². The zero-order chi connectivity index (χ0) is 21.6. The topological polar surface area (TPSA) is 53.1 Å². The average Bonchev–Trinajstić information content (AvgIpc) is 2.69. The van der Waals surface area contributed by atoms with E-state index in [4.69, 9.17) is 4.74 Å². The third kappa shape index (κ3) is 6.94. The molecule has 0 radical (unpaired) electrons. The maximum Gasteiger partial charge on any atom is 0.211 e. The second-order valence-corrected chi connectivity index (χ2v) is 11.0. The predicted molar refractivity (Wildman–Crippen MR) is 122 cm³/mol. The zero-order valence-corrected chi connectivity index (χ0v) is 19.7. The van der Waals surface area contributed by atoms with E-state index in [1.54, 1.807) is 4.31 Å². The summed E-state index contributed by atoms with van der Waals surface area (Å²) in [5, 5.41) is 0. The molecule has 0 aliphatic carbocycles. The number of nitrogens with zero attached hydrogens (tertiary/aromatic N) is 3. The number of hydrogen-bond acceptors (Lipinski definition) is 5. The number of sulfonamides is 1. The predicted octanol–water partition coefficient (Wildman–Crippen LogP) is 3.19. The maximum absolute atomic E-state index is 12.6. The third-order valence-electron chi connectivity index (χ3n) is 6.13. The summed E-state index contributed by atoms with van der Waals surface area (Å²) < 4.78 is 33.0. The van der Waals surface area contributed by atoms with Crippen molar-refractivity contribution in [3.8, 4) is 5.75 Å². The second-order valence-electron chi connectivity index (χ2n) is 9.08. The Labute approximate surface area is 183 Å². The summed E-state index contributed by atoms with van der Waals surface area (Å²) in [7, 11) is -3.23. The molecule has 2 heterocycles. The van der Waals surface area contributed by atoms with Gasteiger partial charge in [-0.25, -0.2) is 8.42 Å². The molecule has 2 fully saturated rings. The molecular weight excluding hydrogens is 398 g/mol. The summed E-state index contributed by atoms with van der Waals surface area (Å²) in [6.07, 6.45) is 7.22. The van der Waals surface area contributed by atoms with Crippen LogP contribution in [0.15, 0.2) is 24.3 Å². The summed E-state index contributed by atoms with van der Waals surface area (Å²) in [5.74, 6) is 0.930. The Kier molecular flexibility index (Phi) is 8.57. The van der Waals surface area contributed by atoms with Gasteiger partial charge in [-0.3, -0.25) is 4.90 Å². The number of rotatable bonds is 9. The SMILES string of the molecule is CC(C)Oc1ccccc1CN1CCCC(N(CCN2CCCCC2)S(C)(=O)=O)C1. The number of para-hydroxylation sites is 1. The molecule has 1 aromatic carbocycles. The first-order valence-electron chi connectivity index (χ1n) is 11.5. The largest absolute Gasteiger partial charge is 0.491 e. The molecule has 1 aromatic rings. The molecule has 0 N–H and O–H groups in total. The number of piperidine rings is 2. The minimum absolute atomic E-state index is 0.0525. The molecule has 0 aromatic heterocycles. The highest BCUT2D eigenvalue weighted by Crippen LogP contribution is 2.25. The lowest BCUT2D eigenvalue weighted by molar-refractivity contribution is 0.128. The van der Waals surface area contributed by atoms with Gasteiger partial charge < -0.3 is 9.64 Å². The summed E-state index contributed by atoms with van der Waals surface area (Å²) in [4.78, 5) is 4.80. The first-order chi connectivity index (χ1) is 14.3. The van der Waals surface area contributed by atoms with Gasteiger partial charge in [0, 0.05) is 37.8 Å². The fraction of sp³-hybridized carbons (Fsp3) is 0.739. The lowest BCUT2D eigenvalue weighted by Crippen LogP contribution is -2.51. The van der Waals surface area contributed by atoms with Crippen molar-refractivity contribution in [1.82, 2.24) is 14.1 Å². The van der Waals surface area contributed by atoms with E-state index in [1.807, 2.05) is 32.0 Å². The molecule has 170 valence electrons. The van der Waals surface area contributed by atoms with Gasteiger partial charge in [0.05, 0.1) is 12.4 Å². The second kappa shape index (κ2) is 10.9. The Hall–Kier alpha value is -1.15. The van der Waals surface area contributed by atoms with Crippen molar-refractivity contribution in [2.24, 2.45) is 0 Å². The summed E-state index contributed by atoms with van der Waals surface area (Å²) in [5.41, 5.74) is 1.17. The van der Waals surface area contributed by atoms with Gasteiger partial charge in [-0.1, -0.05) is 24.6 Å². The van der Waals surface area contributed by atoms with Crippen LogP contribution in [0.4, 0.5) is 0 Å². The van der Waals surface area contributed by atoms with Crippen molar-refractivity contribution in [3.05, 3.63) is 29.8 Å². The van der Waals surface area contributed by atoms with E-state index >= 15 is 0 Å². The van der Waals surface area contributed by atoms with E-state index in [0.717, 1.165) is 57.9 Å².